The van der Waals surface area contributed by atoms with E-state index in [2.05, 4.69) is 55.6 Å². The Kier molecular flexibility index (Phi) is 65.9. The van der Waals surface area contributed by atoms with Crippen molar-refractivity contribution in [2.45, 2.75) is 398 Å². The van der Waals surface area contributed by atoms with Gasteiger partial charge in [-0.3, -0.25) is 9.59 Å². The van der Waals surface area contributed by atoms with Crippen molar-refractivity contribution in [1.29, 1.82) is 0 Å². The largest absolute Gasteiger partial charge is 0.466 e. The molecule has 0 heterocycles. The third kappa shape index (κ3) is 63.3. The number of carbonyl (C=O) groups excluding carboxylic acids is 2. The maximum atomic E-state index is 12.5. The second kappa shape index (κ2) is 67.6. The van der Waals surface area contributed by atoms with E-state index < -0.39 is 12.1 Å². The first-order chi connectivity index (χ1) is 38.5. The summed E-state index contributed by atoms with van der Waals surface area (Å²) in [6, 6.07) is -0.540. The van der Waals surface area contributed by atoms with Crippen molar-refractivity contribution in [3.05, 3.63) is 36.5 Å². The molecule has 460 valence electrons. The Bertz CT molecular complexity index is 1260. The smallest absolute Gasteiger partial charge is 0.305 e. The Balaban J connectivity index is 3.36. The SMILES string of the molecule is CCCCC/C=C\C/C=C\CCCCCCCC(=O)OCCCCCCCCCCCCCC/C=C\CCCCCCCCCCCCCCCCCC(=O)NC(CO)C(O)CCCCCCCCCCCCCCCCC. The monoisotopic (exact) mass is 1100 g/mol. The van der Waals surface area contributed by atoms with Crippen molar-refractivity contribution < 1.29 is 24.5 Å². The number of hydrogen-bond donors (Lipinski definition) is 3. The number of carbonyl (C=O) groups is 2. The van der Waals surface area contributed by atoms with Gasteiger partial charge in [0.15, 0.2) is 0 Å². The number of unbranched alkanes of at least 4 members (excludes halogenated alkanes) is 49. The zero-order chi connectivity index (χ0) is 56.4. The van der Waals surface area contributed by atoms with E-state index in [4.69, 9.17) is 4.74 Å². The number of hydrogen-bond acceptors (Lipinski definition) is 5. The molecule has 0 aromatic rings. The Morgan fingerprint density at radius 2 is 0.641 bits per heavy atom. The number of esters is 1. The molecule has 2 unspecified atom stereocenters. The van der Waals surface area contributed by atoms with E-state index in [1.807, 2.05) is 0 Å². The highest BCUT2D eigenvalue weighted by Gasteiger charge is 2.20. The Hall–Kier alpha value is -1.92. The van der Waals surface area contributed by atoms with Crippen molar-refractivity contribution in [2.75, 3.05) is 13.2 Å². The quantitative estimate of drug-likeness (QED) is 0.0320. The van der Waals surface area contributed by atoms with Crippen LogP contribution in [0.15, 0.2) is 36.5 Å². The molecular weight excluding hydrogens is 959 g/mol. The van der Waals surface area contributed by atoms with Crippen molar-refractivity contribution in [3.63, 3.8) is 0 Å². The van der Waals surface area contributed by atoms with Gasteiger partial charge in [-0.05, 0) is 83.5 Å². The maximum absolute atomic E-state index is 12.5. The number of aliphatic hydroxyl groups excluding tert-OH is 2. The second-order valence-electron chi connectivity index (χ2n) is 24.2. The van der Waals surface area contributed by atoms with Gasteiger partial charge in [-0.15, -0.1) is 0 Å². The molecule has 0 fully saturated rings. The molecule has 0 saturated heterocycles. The molecule has 0 rings (SSSR count). The summed E-state index contributed by atoms with van der Waals surface area (Å²) in [6.45, 7) is 4.95. The minimum atomic E-state index is -0.663. The van der Waals surface area contributed by atoms with Crippen LogP contribution < -0.4 is 5.32 Å². The average molecular weight is 1100 g/mol. The van der Waals surface area contributed by atoms with Gasteiger partial charge in [0, 0.05) is 12.8 Å². The Morgan fingerprint density at radius 3 is 1.01 bits per heavy atom. The predicted octanol–water partition coefficient (Wildman–Crippen LogP) is 22.7. The molecule has 2 atom stereocenters. The molecule has 0 aliphatic carbocycles. The van der Waals surface area contributed by atoms with Crippen LogP contribution in [0.3, 0.4) is 0 Å². The summed E-state index contributed by atoms with van der Waals surface area (Å²) >= 11 is 0. The van der Waals surface area contributed by atoms with Crippen LogP contribution >= 0.6 is 0 Å². The second-order valence-corrected chi connectivity index (χ2v) is 24.2. The Morgan fingerprint density at radius 1 is 0.359 bits per heavy atom. The summed E-state index contributed by atoms with van der Waals surface area (Å²) in [4.78, 5) is 24.6. The number of ether oxygens (including phenoxy) is 1. The third-order valence-corrected chi connectivity index (χ3v) is 16.4. The summed E-state index contributed by atoms with van der Waals surface area (Å²) in [6.07, 6.45) is 86.2. The topological polar surface area (TPSA) is 95.9 Å². The first kappa shape index (κ1) is 76.1. The van der Waals surface area contributed by atoms with E-state index in [9.17, 15) is 19.8 Å². The lowest BCUT2D eigenvalue weighted by atomic mass is 10.0. The summed E-state index contributed by atoms with van der Waals surface area (Å²) in [5.74, 6) is -0.0265. The number of nitrogens with one attached hydrogen (secondary N) is 1. The van der Waals surface area contributed by atoms with E-state index in [-0.39, 0.29) is 18.5 Å². The molecule has 6 heteroatoms. The van der Waals surface area contributed by atoms with Gasteiger partial charge in [0.05, 0.1) is 25.4 Å². The van der Waals surface area contributed by atoms with Gasteiger partial charge < -0.3 is 20.3 Å². The predicted molar refractivity (Wildman–Crippen MR) is 343 cm³/mol. The fourth-order valence-electron chi connectivity index (χ4n) is 11.0. The van der Waals surface area contributed by atoms with Gasteiger partial charge in [-0.25, -0.2) is 0 Å². The van der Waals surface area contributed by atoms with E-state index in [1.54, 1.807) is 0 Å². The first-order valence-corrected chi connectivity index (χ1v) is 35.2. The van der Waals surface area contributed by atoms with Gasteiger partial charge in [-0.1, -0.05) is 326 Å². The molecule has 6 nitrogen and oxygen atoms in total. The average Bonchev–Trinajstić information content (AvgIpc) is 3.44. The van der Waals surface area contributed by atoms with Gasteiger partial charge >= 0.3 is 5.97 Å². The van der Waals surface area contributed by atoms with E-state index in [0.717, 1.165) is 51.4 Å². The lowest BCUT2D eigenvalue weighted by molar-refractivity contribution is -0.143. The van der Waals surface area contributed by atoms with Crippen LogP contribution in [0, 0.1) is 0 Å². The first-order valence-electron chi connectivity index (χ1n) is 35.2. The molecular formula is C72H137NO5. The minimum Gasteiger partial charge on any atom is -0.466 e. The molecule has 0 aliphatic rings. The zero-order valence-corrected chi connectivity index (χ0v) is 52.7. The molecule has 0 spiro atoms. The summed E-state index contributed by atoms with van der Waals surface area (Å²) in [5.41, 5.74) is 0. The number of allylic oxidation sites excluding steroid dienone is 6. The van der Waals surface area contributed by atoms with E-state index in [0.29, 0.717) is 25.9 Å². The molecule has 78 heavy (non-hydrogen) atoms. The molecule has 3 N–H and O–H groups in total. The molecule has 0 saturated carbocycles. The summed E-state index contributed by atoms with van der Waals surface area (Å²) < 4.78 is 5.49. The van der Waals surface area contributed by atoms with E-state index >= 15 is 0 Å². The number of rotatable bonds is 66. The molecule has 1 amide bonds. The minimum absolute atomic E-state index is 0.00394. The number of aliphatic hydroxyl groups is 2. The summed E-state index contributed by atoms with van der Waals surface area (Å²) in [5, 5.41) is 23.3. The highest BCUT2D eigenvalue weighted by molar-refractivity contribution is 5.76. The number of amides is 1. The zero-order valence-electron chi connectivity index (χ0n) is 52.7. The van der Waals surface area contributed by atoms with Gasteiger partial charge in [0.1, 0.15) is 0 Å². The highest BCUT2D eigenvalue weighted by Crippen LogP contribution is 2.18. The lowest BCUT2D eigenvalue weighted by Crippen LogP contribution is -2.45. The highest BCUT2D eigenvalue weighted by atomic mass is 16.5. The van der Waals surface area contributed by atoms with Crippen molar-refractivity contribution in [3.8, 4) is 0 Å². The molecule has 0 radical (unpaired) electrons. The normalized spacial score (nSPS) is 12.7. The Labute approximate surface area is 487 Å². The summed E-state index contributed by atoms with van der Waals surface area (Å²) in [7, 11) is 0. The third-order valence-electron chi connectivity index (χ3n) is 16.4. The van der Waals surface area contributed by atoms with Crippen LogP contribution in [-0.2, 0) is 14.3 Å². The molecule has 0 aromatic heterocycles. The fourth-order valence-corrected chi connectivity index (χ4v) is 11.0. The fraction of sp³-hybridized carbons (Fsp3) is 0.889. The van der Waals surface area contributed by atoms with Crippen LogP contribution in [0.5, 0.6) is 0 Å². The van der Waals surface area contributed by atoms with Crippen molar-refractivity contribution >= 4 is 11.9 Å². The van der Waals surface area contributed by atoms with Crippen LogP contribution in [0.2, 0.25) is 0 Å². The van der Waals surface area contributed by atoms with E-state index in [1.165, 1.54) is 302 Å². The van der Waals surface area contributed by atoms with Crippen molar-refractivity contribution in [2.24, 2.45) is 0 Å². The van der Waals surface area contributed by atoms with Crippen molar-refractivity contribution in [1.82, 2.24) is 5.32 Å². The maximum Gasteiger partial charge on any atom is 0.305 e. The molecule has 0 bridgehead atoms. The standard InChI is InChI=1S/C72H137NO5/c1-3-5-7-9-11-13-15-17-36-40-44-48-52-56-60-64-70(75)69(68-74)73-71(76)65-61-57-53-49-45-41-38-34-32-30-28-26-24-22-20-19-21-23-25-27-29-31-33-35-39-43-47-51-55-59-63-67-78-72(77)66-62-58-54-50-46-42-37-18-16-14-12-10-8-6-4-2/h12,14,18,21,23,37,69-70,74-75H,3-11,13,15-17,19-20,22,24-36,38-68H2,1-2H3,(H,73,76)/b14-12-,23-21-,37-18-. The van der Waals surface area contributed by atoms with Gasteiger partial charge in [-0.2, -0.15) is 0 Å². The van der Waals surface area contributed by atoms with Crippen LogP contribution in [-0.4, -0.2) is 47.4 Å². The van der Waals surface area contributed by atoms with Gasteiger partial charge in [0.25, 0.3) is 0 Å². The van der Waals surface area contributed by atoms with Gasteiger partial charge in [0.2, 0.25) is 5.91 Å². The van der Waals surface area contributed by atoms with Crippen LogP contribution in [0.4, 0.5) is 0 Å². The van der Waals surface area contributed by atoms with Crippen LogP contribution in [0.25, 0.3) is 0 Å². The van der Waals surface area contributed by atoms with Crippen LogP contribution in [0.1, 0.15) is 386 Å². The molecule has 0 aliphatic heterocycles. The molecule has 0 aromatic carbocycles. The lowest BCUT2D eigenvalue weighted by Gasteiger charge is -2.22.